The molecule has 0 aliphatic heterocycles. The maximum absolute atomic E-state index is 9.83. The highest BCUT2D eigenvalue weighted by Crippen LogP contribution is 2.53. The lowest BCUT2D eigenvalue weighted by molar-refractivity contribution is -0.116. The maximum Gasteiger partial charge on any atom is 0.0579 e. The molecule has 0 bridgehead atoms. The number of hydrogen-bond acceptors (Lipinski definition) is 1. The average Bonchev–Trinajstić information content (AvgIpc) is 2.14. The van der Waals surface area contributed by atoms with Crippen LogP contribution in [-0.4, -0.2) is 11.2 Å². The molecule has 0 aromatic heterocycles. The molecule has 84 valence electrons. The summed E-state index contributed by atoms with van der Waals surface area (Å²) in [5.74, 6) is 0.530. The van der Waals surface area contributed by atoms with Gasteiger partial charge < -0.3 is 5.11 Å². The molecular weight excluding hydrogens is 172 g/mol. The Morgan fingerprint density at radius 2 is 1.93 bits per heavy atom. The van der Waals surface area contributed by atoms with Crippen LogP contribution in [0.4, 0.5) is 0 Å². The largest absolute Gasteiger partial charge is 0.393 e. The van der Waals surface area contributed by atoms with Crippen LogP contribution < -0.4 is 0 Å². The van der Waals surface area contributed by atoms with Crippen LogP contribution in [0.3, 0.4) is 0 Å². The van der Waals surface area contributed by atoms with Gasteiger partial charge in [-0.25, -0.2) is 0 Å². The van der Waals surface area contributed by atoms with E-state index in [0.717, 1.165) is 6.42 Å². The van der Waals surface area contributed by atoms with Gasteiger partial charge in [-0.3, -0.25) is 0 Å². The first-order valence-corrected chi connectivity index (χ1v) is 6.03. The molecule has 0 amide bonds. The Labute approximate surface area is 88.9 Å². The minimum Gasteiger partial charge on any atom is -0.393 e. The van der Waals surface area contributed by atoms with Crippen LogP contribution in [0.25, 0.3) is 0 Å². The van der Waals surface area contributed by atoms with Crippen LogP contribution in [0, 0.1) is 16.7 Å². The Morgan fingerprint density at radius 3 is 2.29 bits per heavy atom. The molecule has 0 saturated heterocycles. The summed E-state index contributed by atoms with van der Waals surface area (Å²) in [6.07, 6.45) is 4.55. The predicted molar refractivity (Wildman–Crippen MR) is 61.2 cm³/mol. The summed E-state index contributed by atoms with van der Waals surface area (Å²) in [5.41, 5.74) is 0.800. The van der Waals surface area contributed by atoms with Gasteiger partial charge in [-0.15, -0.1) is 0 Å². The minimum absolute atomic E-state index is 0.0363. The third-order valence-electron chi connectivity index (χ3n) is 4.57. The average molecular weight is 198 g/mol. The number of aliphatic hydroxyl groups excluding tert-OH is 1. The Bertz CT molecular complexity index is 197. The van der Waals surface area contributed by atoms with Crippen molar-refractivity contribution in [2.75, 3.05) is 0 Å². The summed E-state index contributed by atoms with van der Waals surface area (Å²) in [7, 11) is 0. The van der Waals surface area contributed by atoms with Crippen molar-refractivity contribution >= 4 is 0 Å². The van der Waals surface area contributed by atoms with Gasteiger partial charge >= 0.3 is 0 Å². The first-order chi connectivity index (χ1) is 6.34. The fourth-order valence-electron chi connectivity index (χ4n) is 2.60. The highest BCUT2D eigenvalue weighted by atomic mass is 16.3. The van der Waals surface area contributed by atoms with E-state index in [4.69, 9.17) is 0 Å². The summed E-state index contributed by atoms with van der Waals surface area (Å²) in [4.78, 5) is 0. The van der Waals surface area contributed by atoms with Crippen molar-refractivity contribution in [2.45, 2.75) is 66.4 Å². The summed E-state index contributed by atoms with van der Waals surface area (Å²) in [6.45, 7) is 11.4. The molecule has 3 unspecified atom stereocenters. The molecular formula is C13H26O. The van der Waals surface area contributed by atoms with E-state index in [1.165, 1.54) is 19.3 Å². The van der Waals surface area contributed by atoms with E-state index in [0.29, 0.717) is 16.7 Å². The maximum atomic E-state index is 9.83. The first-order valence-electron chi connectivity index (χ1n) is 6.03. The van der Waals surface area contributed by atoms with Gasteiger partial charge in [0.1, 0.15) is 0 Å². The molecule has 1 saturated carbocycles. The van der Waals surface area contributed by atoms with E-state index in [9.17, 15) is 5.11 Å². The number of hydrogen-bond donors (Lipinski definition) is 1. The molecule has 0 aromatic carbocycles. The lowest BCUT2D eigenvalue weighted by atomic mass is 9.54. The van der Waals surface area contributed by atoms with E-state index >= 15 is 0 Å². The van der Waals surface area contributed by atoms with Crippen molar-refractivity contribution in [3.05, 3.63) is 0 Å². The molecule has 1 aliphatic rings. The van der Waals surface area contributed by atoms with E-state index in [1.807, 2.05) is 0 Å². The molecule has 1 aliphatic carbocycles. The van der Waals surface area contributed by atoms with Crippen LogP contribution >= 0.6 is 0 Å². The van der Waals surface area contributed by atoms with Gasteiger partial charge in [0.05, 0.1) is 6.10 Å². The van der Waals surface area contributed by atoms with Crippen LogP contribution in [-0.2, 0) is 0 Å². The molecule has 1 heteroatoms. The van der Waals surface area contributed by atoms with Gasteiger partial charge in [0, 0.05) is 0 Å². The summed E-state index contributed by atoms with van der Waals surface area (Å²) in [6, 6.07) is 0. The lowest BCUT2D eigenvalue weighted by Gasteiger charge is -2.53. The van der Waals surface area contributed by atoms with Crippen molar-refractivity contribution in [1.29, 1.82) is 0 Å². The van der Waals surface area contributed by atoms with E-state index in [2.05, 4.69) is 34.6 Å². The normalized spacial score (nSPS) is 38.1. The van der Waals surface area contributed by atoms with Crippen LogP contribution in [0.1, 0.15) is 60.3 Å². The number of rotatable bonds is 4. The molecule has 0 heterocycles. The highest BCUT2D eigenvalue weighted by molar-refractivity contribution is 4.99. The Morgan fingerprint density at radius 1 is 1.36 bits per heavy atom. The zero-order chi connectivity index (χ0) is 11.0. The first kappa shape index (κ1) is 12.0. The standard InChI is InChI=1S/C13H26O/c1-6-12(3,4)8-10-11(14)9-13(10,5)7-2/h10-11,14H,6-9H2,1-5H3. The molecule has 1 nitrogen and oxygen atoms in total. The third-order valence-corrected chi connectivity index (χ3v) is 4.57. The van der Waals surface area contributed by atoms with Gasteiger partial charge in [0.2, 0.25) is 0 Å². The molecule has 1 fully saturated rings. The molecule has 0 aromatic rings. The minimum atomic E-state index is -0.0363. The quantitative estimate of drug-likeness (QED) is 0.731. The van der Waals surface area contributed by atoms with Crippen molar-refractivity contribution in [3.8, 4) is 0 Å². The van der Waals surface area contributed by atoms with Gasteiger partial charge in [0.15, 0.2) is 0 Å². The zero-order valence-corrected chi connectivity index (χ0v) is 10.4. The van der Waals surface area contributed by atoms with Crippen LogP contribution in [0.5, 0.6) is 0 Å². The lowest BCUT2D eigenvalue weighted by Crippen LogP contribution is -2.50. The fraction of sp³-hybridized carbons (Fsp3) is 1.00. The van der Waals surface area contributed by atoms with Crippen molar-refractivity contribution < 1.29 is 5.11 Å². The van der Waals surface area contributed by atoms with Crippen molar-refractivity contribution in [1.82, 2.24) is 0 Å². The second kappa shape index (κ2) is 3.84. The Hall–Kier alpha value is -0.0400. The second-order valence-electron chi connectivity index (χ2n) is 6.11. The summed E-state index contributed by atoms with van der Waals surface area (Å²) in [5, 5.41) is 9.83. The molecule has 0 radical (unpaired) electrons. The van der Waals surface area contributed by atoms with Crippen molar-refractivity contribution in [3.63, 3.8) is 0 Å². The highest BCUT2D eigenvalue weighted by Gasteiger charge is 2.49. The SMILES string of the molecule is CCC(C)(C)CC1C(O)CC1(C)CC. The molecule has 0 spiro atoms. The van der Waals surface area contributed by atoms with E-state index in [-0.39, 0.29) is 6.10 Å². The smallest absolute Gasteiger partial charge is 0.0579 e. The summed E-state index contributed by atoms with van der Waals surface area (Å²) >= 11 is 0. The van der Waals surface area contributed by atoms with Crippen LogP contribution in [0.15, 0.2) is 0 Å². The van der Waals surface area contributed by atoms with Gasteiger partial charge in [-0.1, -0.05) is 47.5 Å². The van der Waals surface area contributed by atoms with Gasteiger partial charge in [-0.2, -0.15) is 0 Å². The zero-order valence-electron chi connectivity index (χ0n) is 10.4. The van der Waals surface area contributed by atoms with Gasteiger partial charge in [-0.05, 0) is 29.6 Å². The fourth-order valence-corrected chi connectivity index (χ4v) is 2.60. The molecule has 1 rings (SSSR count). The third kappa shape index (κ3) is 2.13. The topological polar surface area (TPSA) is 20.2 Å². The molecule has 3 atom stereocenters. The second-order valence-corrected chi connectivity index (χ2v) is 6.11. The van der Waals surface area contributed by atoms with E-state index in [1.54, 1.807) is 0 Å². The molecule has 14 heavy (non-hydrogen) atoms. The van der Waals surface area contributed by atoms with Crippen molar-refractivity contribution in [2.24, 2.45) is 16.7 Å². The summed E-state index contributed by atoms with van der Waals surface area (Å²) < 4.78 is 0. The number of aliphatic hydroxyl groups is 1. The van der Waals surface area contributed by atoms with E-state index < -0.39 is 0 Å². The molecule has 1 N–H and O–H groups in total. The Balaban J connectivity index is 2.59. The predicted octanol–water partition coefficient (Wildman–Crippen LogP) is 3.61. The Kier molecular flexibility index (Phi) is 3.30. The van der Waals surface area contributed by atoms with Gasteiger partial charge in [0.25, 0.3) is 0 Å². The monoisotopic (exact) mass is 198 g/mol. The van der Waals surface area contributed by atoms with Crippen LogP contribution in [0.2, 0.25) is 0 Å².